The summed E-state index contributed by atoms with van der Waals surface area (Å²) in [5.74, 6) is -0.459. The van der Waals surface area contributed by atoms with Gasteiger partial charge < -0.3 is 15.4 Å². The average molecular weight is 176 g/mol. The number of carbonyl (C=O) groups is 1. The molecule has 0 aromatic heterocycles. The van der Waals surface area contributed by atoms with Crippen LogP contribution < -0.4 is 5.73 Å². The van der Waals surface area contributed by atoms with E-state index in [1.807, 2.05) is 6.20 Å². The molecule has 2 heterocycles. The molecule has 0 saturated heterocycles. The van der Waals surface area contributed by atoms with Gasteiger partial charge in [-0.15, -0.1) is 0 Å². The summed E-state index contributed by atoms with van der Waals surface area (Å²) in [7, 11) is 0. The van der Waals surface area contributed by atoms with E-state index in [0.29, 0.717) is 11.3 Å². The molecule has 0 aromatic carbocycles. The van der Waals surface area contributed by atoms with Crippen molar-refractivity contribution in [3.8, 4) is 0 Å². The lowest BCUT2D eigenvalue weighted by Crippen LogP contribution is -2.24. The molecule has 0 aliphatic carbocycles. The van der Waals surface area contributed by atoms with Gasteiger partial charge in [-0.25, -0.2) is 0 Å². The number of nitrogens with zero attached hydrogens (tertiary/aromatic N) is 1. The summed E-state index contributed by atoms with van der Waals surface area (Å²) < 4.78 is 4.95. The monoisotopic (exact) mass is 176 g/mol. The highest BCUT2D eigenvalue weighted by molar-refractivity contribution is 5.97. The number of amides is 1. The van der Waals surface area contributed by atoms with E-state index >= 15 is 0 Å². The lowest BCUT2D eigenvalue weighted by atomic mass is 10.1. The van der Waals surface area contributed by atoms with Gasteiger partial charge in [0.25, 0.3) is 5.91 Å². The Morgan fingerprint density at radius 3 is 3.08 bits per heavy atom. The fourth-order valence-electron chi connectivity index (χ4n) is 1.20. The first-order valence-corrected chi connectivity index (χ1v) is 3.78. The molecule has 4 nitrogen and oxygen atoms in total. The molecule has 2 aliphatic rings. The van der Waals surface area contributed by atoms with Crippen molar-refractivity contribution in [2.24, 2.45) is 5.73 Å². The quantitative estimate of drug-likeness (QED) is 0.635. The van der Waals surface area contributed by atoms with E-state index in [2.05, 4.69) is 0 Å². The number of allylic oxidation sites excluding steroid dienone is 2. The van der Waals surface area contributed by atoms with Crippen molar-refractivity contribution in [2.75, 3.05) is 0 Å². The van der Waals surface area contributed by atoms with Gasteiger partial charge in [-0.05, 0) is 12.2 Å². The van der Waals surface area contributed by atoms with Crippen molar-refractivity contribution in [3.05, 3.63) is 48.3 Å². The van der Waals surface area contributed by atoms with Crippen molar-refractivity contribution < 1.29 is 9.53 Å². The molecule has 0 unspecified atom stereocenters. The number of carbonyl (C=O) groups excluding carboxylic acids is 1. The van der Waals surface area contributed by atoms with Crippen LogP contribution in [0.4, 0.5) is 0 Å². The van der Waals surface area contributed by atoms with Gasteiger partial charge in [-0.2, -0.15) is 0 Å². The van der Waals surface area contributed by atoms with E-state index in [0.717, 1.165) is 0 Å². The highest BCUT2D eigenvalue weighted by Gasteiger charge is 2.19. The van der Waals surface area contributed by atoms with E-state index in [4.69, 9.17) is 10.5 Å². The van der Waals surface area contributed by atoms with Gasteiger partial charge in [0.1, 0.15) is 12.5 Å². The molecule has 0 atom stereocenters. The Morgan fingerprint density at radius 2 is 2.31 bits per heavy atom. The Kier molecular flexibility index (Phi) is 1.66. The molecule has 2 aliphatic heterocycles. The minimum atomic E-state index is -0.459. The van der Waals surface area contributed by atoms with Crippen molar-refractivity contribution in [1.29, 1.82) is 0 Å². The maximum atomic E-state index is 11.0. The van der Waals surface area contributed by atoms with Crippen LogP contribution in [-0.2, 0) is 9.53 Å². The van der Waals surface area contributed by atoms with Crippen LogP contribution in [0.2, 0.25) is 0 Å². The Morgan fingerprint density at radius 1 is 1.46 bits per heavy atom. The van der Waals surface area contributed by atoms with Gasteiger partial charge >= 0.3 is 0 Å². The van der Waals surface area contributed by atoms with Crippen LogP contribution >= 0.6 is 0 Å². The fourth-order valence-corrected chi connectivity index (χ4v) is 1.20. The third kappa shape index (κ3) is 1.22. The second kappa shape index (κ2) is 2.82. The highest BCUT2D eigenvalue weighted by atomic mass is 16.5. The maximum Gasteiger partial charge on any atom is 0.250 e. The highest BCUT2D eigenvalue weighted by Crippen LogP contribution is 2.23. The number of hydrogen-bond acceptors (Lipinski definition) is 3. The first-order valence-electron chi connectivity index (χ1n) is 3.78. The SMILES string of the molecule is NC(=O)C1=CC=CN2C=COC=C12. The second-order valence-corrected chi connectivity index (χ2v) is 2.62. The van der Waals surface area contributed by atoms with Crippen molar-refractivity contribution in [2.45, 2.75) is 0 Å². The van der Waals surface area contributed by atoms with Gasteiger partial charge in [-0.1, -0.05) is 0 Å². The maximum absolute atomic E-state index is 11.0. The van der Waals surface area contributed by atoms with Crippen LogP contribution in [0.1, 0.15) is 0 Å². The zero-order chi connectivity index (χ0) is 9.26. The first-order chi connectivity index (χ1) is 6.29. The second-order valence-electron chi connectivity index (χ2n) is 2.62. The molecule has 1 amide bonds. The minimum Gasteiger partial charge on any atom is -0.469 e. The normalized spacial score (nSPS) is 18.6. The standard InChI is InChI=1S/C9H8N2O2/c10-9(12)7-2-1-3-11-4-5-13-6-8(7)11/h1-6H,(H2,10,12). The van der Waals surface area contributed by atoms with E-state index in [1.54, 1.807) is 23.3 Å². The predicted molar refractivity (Wildman–Crippen MR) is 46.6 cm³/mol. The van der Waals surface area contributed by atoms with E-state index < -0.39 is 5.91 Å². The third-order valence-electron chi connectivity index (χ3n) is 1.81. The fraction of sp³-hybridized carbons (Fsp3) is 0. The van der Waals surface area contributed by atoms with Crippen LogP contribution in [0.25, 0.3) is 0 Å². The predicted octanol–water partition coefficient (Wildman–Crippen LogP) is 0.570. The van der Waals surface area contributed by atoms with Crippen molar-refractivity contribution >= 4 is 5.91 Å². The van der Waals surface area contributed by atoms with E-state index in [-0.39, 0.29) is 0 Å². The summed E-state index contributed by atoms with van der Waals surface area (Å²) in [4.78, 5) is 12.7. The molecular weight excluding hydrogens is 168 g/mol. The molecular formula is C9H8N2O2. The molecule has 0 radical (unpaired) electrons. The molecule has 0 bridgehead atoms. The average Bonchev–Trinajstić information content (AvgIpc) is 2.17. The Labute approximate surface area is 75.3 Å². The van der Waals surface area contributed by atoms with Gasteiger partial charge in [0.15, 0.2) is 0 Å². The van der Waals surface area contributed by atoms with Gasteiger partial charge in [0, 0.05) is 12.4 Å². The molecule has 66 valence electrons. The molecule has 2 N–H and O–H groups in total. The Bertz CT molecular complexity index is 364. The van der Waals surface area contributed by atoms with Crippen molar-refractivity contribution in [3.63, 3.8) is 0 Å². The Balaban J connectivity index is 2.39. The smallest absolute Gasteiger partial charge is 0.250 e. The molecule has 4 heteroatoms. The molecule has 13 heavy (non-hydrogen) atoms. The largest absolute Gasteiger partial charge is 0.469 e. The summed E-state index contributed by atoms with van der Waals surface area (Å²) in [5.41, 5.74) is 6.30. The molecule has 2 rings (SSSR count). The number of rotatable bonds is 1. The van der Waals surface area contributed by atoms with E-state index in [9.17, 15) is 4.79 Å². The Hall–Kier alpha value is -1.97. The minimum absolute atomic E-state index is 0.451. The van der Waals surface area contributed by atoms with Gasteiger partial charge in [-0.3, -0.25) is 4.79 Å². The summed E-state index contributed by atoms with van der Waals surface area (Å²) in [6.45, 7) is 0. The lowest BCUT2D eigenvalue weighted by Gasteiger charge is -2.24. The summed E-state index contributed by atoms with van der Waals surface area (Å²) in [5, 5.41) is 0. The number of ether oxygens (including phenoxy) is 1. The molecule has 0 fully saturated rings. The summed E-state index contributed by atoms with van der Waals surface area (Å²) in [6.07, 6.45) is 9.96. The van der Waals surface area contributed by atoms with Gasteiger partial charge in [0.05, 0.1) is 11.3 Å². The summed E-state index contributed by atoms with van der Waals surface area (Å²) >= 11 is 0. The van der Waals surface area contributed by atoms with Crippen LogP contribution in [0.5, 0.6) is 0 Å². The molecule has 0 spiro atoms. The molecule has 0 saturated carbocycles. The van der Waals surface area contributed by atoms with Gasteiger partial charge in [0.2, 0.25) is 0 Å². The zero-order valence-electron chi connectivity index (χ0n) is 6.81. The van der Waals surface area contributed by atoms with Crippen LogP contribution in [0.15, 0.2) is 48.3 Å². The number of fused-ring (bicyclic) bond motifs is 1. The van der Waals surface area contributed by atoms with Crippen molar-refractivity contribution in [1.82, 2.24) is 4.90 Å². The lowest BCUT2D eigenvalue weighted by molar-refractivity contribution is -0.114. The zero-order valence-corrected chi connectivity index (χ0v) is 6.81. The van der Waals surface area contributed by atoms with E-state index in [1.165, 1.54) is 12.5 Å². The summed E-state index contributed by atoms with van der Waals surface area (Å²) in [6, 6.07) is 0. The third-order valence-corrected chi connectivity index (χ3v) is 1.81. The number of hydrogen-bond donors (Lipinski definition) is 1. The molecule has 0 aromatic rings. The van der Waals surface area contributed by atoms with Crippen LogP contribution in [0.3, 0.4) is 0 Å². The topological polar surface area (TPSA) is 55.6 Å². The first kappa shape index (κ1) is 7.67. The number of primary amides is 1. The number of nitrogens with two attached hydrogens (primary N) is 1. The van der Waals surface area contributed by atoms with Crippen LogP contribution in [-0.4, -0.2) is 10.8 Å². The van der Waals surface area contributed by atoms with Crippen LogP contribution in [0, 0.1) is 0 Å².